The lowest BCUT2D eigenvalue weighted by atomic mass is 10.2. The van der Waals surface area contributed by atoms with Crippen LogP contribution in [0, 0.1) is 0 Å². The number of hydrogen-bond donors (Lipinski definition) is 2. The smallest absolute Gasteiger partial charge is 0.371 e. The topological polar surface area (TPSA) is 112 Å². The molecule has 3 N–H and O–H groups in total. The van der Waals surface area contributed by atoms with Crippen LogP contribution < -0.4 is 10.1 Å². The summed E-state index contributed by atoms with van der Waals surface area (Å²) >= 11 is 0. The summed E-state index contributed by atoms with van der Waals surface area (Å²) < 4.78 is 0. The van der Waals surface area contributed by atoms with Gasteiger partial charge in [-0.25, -0.2) is 0 Å². The fourth-order valence-corrected chi connectivity index (χ4v) is 1.36. The minimum atomic E-state index is -1.33. The normalized spacial score (nSPS) is 9.47. The van der Waals surface area contributed by atoms with Gasteiger partial charge in [0.15, 0.2) is 6.20 Å². The lowest BCUT2D eigenvalue weighted by Gasteiger charge is -1.94. The lowest BCUT2D eigenvalue weighted by molar-refractivity contribution is -0.391. The molecule has 0 radical (unpaired) electrons. The van der Waals surface area contributed by atoms with Gasteiger partial charge in [-0.15, -0.1) is 0 Å². The molecule has 0 aliphatic rings. The molecular weight excluding hydrogens is 250 g/mol. The molecule has 2 rings (SSSR count). The summed E-state index contributed by atoms with van der Waals surface area (Å²) in [7, 11) is 0. The van der Waals surface area contributed by atoms with Gasteiger partial charge in [0.05, 0.1) is 11.8 Å². The van der Waals surface area contributed by atoms with Crippen molar-refractivity contribution in [1.29, 1.82) is 0 Å². The van der Waals surface area contributed by atoms with Gasteiger partial charge in [0.2, 0.25) is 0 Å². The van der Waals surface area contributed by atoms with Gasteiger partial charge in [-0.3, -0.25) is 4.79 Å². The van der Waals surface area contributed by atoms with Crippen LogP contribution in [-0.2, 0) is 9.59 Å². The van der Waals surface area contributed by atoms with Crippen molar-refractivity contribution in [1.82, 2.24) is 0 Å². The van der Waals surface area contributed by atoms with Crippen molar-refractivity contribution >= 4 is 22.7 Å². The molecule has 0 aliphatic carbocycles. The van der Waals surface area contributed by atoms with Crippen molar-refractivity contribution in [2.75, 3.05) is 0 Å². The van der Waals surface area contributed by atoms with E-state index in [9.17, 15) is 19.8 Å². The largest absolute Gasteiger partial charge is 0.550 e. The zero-order chi connectivity index (χ0) is 14.3. The average Bonchev–Trinajstić information content (AvgIpc) is 2.38. The van der Waals surface area contributed by atoms with E-state index in [2.05, 4.69) is 4.98 Å². The van der Waals surface area contributed by atoms with E-state index in [1.165, 1.54) is 0 Å². The predicted molar refractivity (Wildman–Crippen MR) is 64.0 cm³/mol. The van der Waals surface area contributed by atoms with E-state index in [-0.39, 0.29) is 12.3 Å². The Balaban J connectivity index is 0.000000203. The first kappa shape index (κ1) is 14.4. The fraction of sp³-hybridized carbons (Fsp3) is 0.154. The summed E-state index contributed by atoms with van der Waals surface area (Å²) in [6.07, 6.45) is 0.954. The van der Waals surface area contributed by atoms with Gasteiger partial charge in [-0.1, -0.05) is 18.2 Å². The van der Waals surface area contributed by atoms with E-state index in [4.69, 9.17) is 5.11 Å². The van der Waals surface area contributed by atoms with Gasteiger partial charge in [0, 0.05) is 12.0 Å². The number of carboxylic acids is 2. The highest BCUT2D eigenvalue weighted by molar-refractivity contribution is 5.84. The molecule has 0 aliphatic heterocycles. The van der Waals surface area contributed by atoms with Crippen molar-refractivity contribution in [3.05, 3.63) is 36.5 Å². The number of benzene rings is 1. The highest BCUT2D eigenvalue weighted by Gasteiger charge is 2.02. The molecular formula is C13H13NO5. The Morgan fingerprint density at radius 1 is 1.16 bits per heavy atom. The minimum absolute atomic E-state index is 0.225. The Kier molecular flexibility index (Phi) is 5.28. The number of aliphatic carboxylic acids is 2. The number of aromatic nitrogens is 1. The van der Waals surface area contributed by atoms with Crippen molar-refractivity contribution in [3.8, 4) is 5.88 Å². The first-order valence-electron chi connectivity index (χ1n) is 5.50. The van der Waals surface area contributed by atoms with Crippen molar-refractivity contribution in [3.63, 3.8) is 0 Å². The highest BCUT2D eigenvalue weighted by atomic mass is 16.4. The van der Waals surface area contributed by atoms with Gasteiger partial charge in [0.25, 0.3) is 0 Å². The third-order valence-corrected chi connectivity index (χ3v) is 2.24. The minimum Gasteiger partial charge on any atom is -0.550 e. The number of carboxylic acid groups (broad SMARTS) is 2. The Bertz CT molecular complexity index is 563. The van der Waals surface area contributed by atoms with Crippen LogP contribution in [-0.4, -0.2) is 22.2 Å². The Labute approximate surface area is 109 Å². The first-order valence-corrected chi connectivity index (χ1v) is 5.50. The van der Waals surface area contributed by atoms with Crippen LogP contribution in [0.3, 0.4) is 0 Å². The second-order valence-electron chi connectivity index (χ2n) is 3.68. The van der Waals surface area contributed by atoms with Crippen LogP contribution in [0.25, 0.3) is 10.8 Å². The van der Waals surface area contributed by atoms with Crippen LogP contribution in [0.5, 0.6) is 5.88 Å². The molecule has 1 aromatic carbocycles. The van der Waals surface area contributed by atoms with Gasteiger partial charge >= 0.3 is 11.8 Å². The number of pyridine rings is 1. The Morgan fingerprint density at radius 3 is 2.37 bits per heavy atom. The van der Waals surface area contributed by atoms with E-state index in [0.29, 0.717) is 0 Å². The standard InChI is InChI=1S/C9H7NO.C4H6O4/c11-9-8-4-2-1-3-7(8)5-6-10-9;5-3(6)1-2-4(7)8/h1-6H,(H,10,11);1-2H2,(H,5,6)(H,7,8). The Hall–Kier alpha value is -2.63. The maximum atomic E-state index is 9.61. The zero-order valence-corrected chi connectivity index (χ0v) is 10.00. The van der Waals surface area contributed by atoms with Gasteiger partial charge < -0.3 is 20.1 Å². The van der Waals surface area contributed by atoms with E-state index in [0.717, 1.165) is 10.8 Å². The summed E-state index contributed by atoms with van der Waals surface area (Å²) in [6.45, 7) is 0. The van der Waals surface area contributed by atoms with Gasteiger partial charge in [-0.2, -0.15) is 4.98 Å². The number of rotatable bonds is 3. The molecule has 0 spiro atoms. The number of aromatic hydroxyl groups is 1. The monoisotopic (exact) mass is 263 g/mol. The molecule has 19 heavy (non-hydrogen) atoms. The number of carbonyl (C=O) groups is 2. The van der Waals surface area contributed by atoms with Crippen molar-refractivity contribution < 1.29 is 29.9 Å². The number of fused-ring (bicyclic) bond motifs is 1. The molecule has 2 aromatic rings. The summed E-state index contributed by atoms with van der Waals surface area (Å²) in [5.74, 6) is -2.22. The van der Waals surface area contributed by atoms with Crippen LogP contribution in [0.2, 0.25) is 0 Å². The fourth-order valence-electron chi connectivity index (χ4n) is 1.36. The molecule has 0 unspecified atom stereocenters. The third-order valence-electron chi connectivity index (χ3n) is 2.24. The van der Waals surface area contributed by atoms with E-state index >= 15 is 0 Å². The number of aromatic amines is 1. The molecule has 0 fully saturated rings. The number of hydrogen-bond acceptors (Lipinski definition) is 4. The van der Waals surface area contributed by atoms with E-state index < -0.39 is 18.4 Å². The third kappa shape index (κ3) is 5.03. The number of carbonyl (C=O) groups excluding carboxylic acids is 1. The van der Waals surface area contributed by atoms with Crippen LogP contribution in [0.4, 0.5) is 0 Å². The van der Waals surface area contributed by atoms with E-state index in [1.54, 1.807) is 6.20 Å². The molecule has 0 saturated heterocycles. The molecule has 0 bridgehead atoms. The lowest BCUT2D eigenvalue weighted by Crippen LogP contribution is -2.22. The molecule has 6 heteroatoms. The molecule has 0 atom stereocenters. The van der Waals surface area contributed by atoms with Crippen molar-refractivity contribution in [2.45, 2.75) is 12.8 Å². The second-order valence-corrected chi connectivity index (χ2v) is 3.68. The summed E-state index contributed by atoms with van der Waals surface area (Å²) in [6, 6.07) is 9.61. The molecule has 0 amide bonds. The maximum absolute atomic E-state index is 9.61. The summed E-state index contributed by atoms with van der Waals surface area (Å²) in [5, 5.41) is 28.6. The molecule has 6 nitrogen and oxygen atoms in total. The highest BCUT2D eigenvalue weighted by Crippen LogP contribution is 2.17. The van der Waals surface area contributed by atoms with Crippen molar-refractivity contribution in [2.24, 2.45) is 0 Å². The number of nitrogens with one attached hydrogen (secondary N) is 1. The van der Waals surface area contributed by atoms with Crippen LogP contribution in [0.1, 0.15) is 12.8 Å². The quantitative estimate of drug-likeness (QED) is 0.807. The molecule has 1 heterocycles. The van der Waals surface area contributed by atoms with E-state index in [1.807, 2.05) is 30.3 Å². The maximum Gasteiger partial charge on any atom is 0.371 e. The Morgan fingerprint density at radius 2 is 1.84 bits per heavy atom. The predicted octanol–water partition coefficient (Wildman–Crippen LogP) is -0.0394. The van der Waals surface area contributed by atoms with Gasteiger partial charge in [-0.05, 0) is 17.9 Å². The second kappa shape index (κ2) is 6.95. The molecule has 0 saturated carbocycles. The van der Waals surface area contributed by atoms with Crippen LogP contribution >= 0.6 is 0 Å². The SMILES string of the molecule is O=C([O-])CCC(=O)O.Oc1[nH+]ccc2ccccc12. The zero-order valence-electron chi connectivity index (χ0n) is 10.00. The van der Waals surface area contributed by atoms with Crippen LogP contribution in [0.15, 0.2) is 36.5 Å². The number of H-pyrrole nitrogens is 1. The molecule has 100 valence electrons. The van der Waals surface area contributed by atoms with Gasteiger partial charge in [0.1, 0.15) is 0 Å². The average molecular weight is 263 g/mol. The summed E-state index contributed by atoms with van der Waals surface area (Å²) in [4.78, 5) is 21.9. The summed E-state index contributed by atoms with van der Waals surface area (Å²) in [5.41, 5.74) is 0. The first-order chi connectivity index (χ1) is 9.00. The molecule has 1 aromatic heterocycles.